The first-order chi connectivity index (χ1) is 11.7. The zero-order valence-corrected chi connectivity index (χ0v) is 15.2. The summed E-state index contributed by atoms with van der Waals surface area (Å²) in [5.41, 5.74) is -0.399. The summed E-state index contributed by atoms with van der Waals surface area (Å²) in [4.78, 5) is 36.9. The molecule has 1 heterocycles. The number of nitrogens with zero attached hydrogens (tertiary/aromatic N) is 2. The van der Waals surface area contributed by atoms with Gasteiger partial charge in [-0.05, 0) is 52.2 Å². The number of likely N-dealkylation sites (tertiary alicyclic amines) is 1. The van der Waals surface area contributed by atoms with Crippen molar-refractivity contribution in [2.45, 2.75) is 58.2 Å². The van der Waals surface area contributed by atoms with Crippen LogP contribution >= 0.6 is 11.6 Å². The standard InChI is InChI=1S/C17H21ClN2O5/c1-10-5-4-6-11(2)19(10)16(21)12(3)25-17(22)13-7-8-14(18)15(9-13)20(23)24/h7-12H,4-6H2,1-3H3/t10-,11-,12+/m0/s1. The summed E-state index contributed by atoms with van der Waals surface area (Å²) in [6.07, 6.45) is 1.93. The summed E-state index contributed by atoms with van der Waals surface area (Å²) in [6, 6.07) is 3.83. The molecule has 1 aliphatic heterocycles. The number of nitro groups is 1. The lowest BCUT2D eigenvalue weighted by atomic mass is 9.97. The Kier molecular flexibility index (Phi) is 6.00. The van der Waals surface area contributed by atoms with Gasteiger partial charge in [0.15, 0.2) is 6.10 Å². The Labute approximate surface area is 151 Å². The number of ether oxygens (including phenoxy) is 1. The predicted molar refractivity (Wildman–Crippen MR) is 92.6 cm³/mol. The van der Waals surface area contributed by atoms with Crippen LogP contribution in [0.15, 0.2) is 18.2 Å². The summed E-state index contributed by atoms with van der Waals surface area (Å²) in [6.45, 7) is 5.47. The van der Waals surface area contributed by atoms with Crippen LogP contribution < -0.4 is 0 Å². The number of carbonyl (C=O) groups is 2. The van der Waals surface area contributed by atoms with E-state index in [1.165, 1.54) is 19.1 Å². The van der Waals surface area contributed by atoms with Gasteiger partial charge in [0.1, 0.15) is 5.02 Å². The zero-order valence-electron chi connectivity index (χ0n) is 14.4. The summed E-state index contributed by atoms with van der Waals surface area (Å²) >= 11 is 5.73. The second kappa shape index (κ2) is 7.82. The molecule has 1 aromatic rings. The number of hydrogen-bond donors (Lipinski definition) is 0. The van der Waals surface area contributed by atoms with Gasteiger partial charge < -0.3 is 9.64 Å². The number of halogens is 1. The third-order valence-electron chi connectivity index (χ3n) is 4.46. The lowest BCUT2D eigenvalue weighted by Gasteiger charge is -2.40. The van der Waals surface area contributed by atoms with E-state index in [1.807, 2.05) is 13.8 Å². The van der Waals surface area contributed by atoms with Gasteiger partial charge in [-0.1, -0.05) is 11.6 Å². The largest absolute Gasteiger partial charge is 0.449 e. The van der Waals surface area contributed by atoms with E-state index in [2.05, 4.69) is 0 Å². The molecule has 0 aliphatic carbocycles. The maximum absolute atomic E-state index is 12.6. The minimum atomic E-state index is -0.967. The van der Waals surface area contributed by atoms with Gasteiger partial charge in [0, 0.05) is 18.2 Å². The number of benzene rings is 1. The molecule has 0 spiro atoms. The molecule has 1 aliphatic rings. The molecule has 2 rings (SSSR count). The lowest BCUT2D eigenvalue weighted by molar-refractivity contribution is -0.384. The van der Waals surface area contributed by atoms with Crippen LogP contribution in [0.25, 0.3) is 0 Å². The van der Waals surface area contributed by atoms with Gasteiger partial charge in [-0.15, -0.1) is 0 Å². The second-order valence-corrected chi connectivity index (χ2v) is 6.75. The molecular weight excluding hydrogens is 348 g/mol. The van der Waals surface area contributed by atoms with Crippen molar-refractivity contribution in [2.24, 2.45) is 0 Å². The minimum absolute atomic E-state index is 0.0181. The van der Waals surface area contributed by atoms with Gasteiger partial charge in [0.25, 0.3) is 11.6 Å². The fraction of sp³-hybridized carbons (Fsp3) is 0.529. The molecule has 0 N–H and O–H groups in total. The maximum Gasteiger partial charge on any atom is 0.339 e. The van der Waals surface area contributed by atoms with Gasteiger partial charge in [-0.3, -0.25) is 14.9 Å². The number of esters is 1. The van der Waals surface area contributed by atoms with Crippen LogP contribution in [0, 0.1) is 10.1 Å². The van der Waals surface area contributed by atoms with E-state index in [0.717, 1.165) is 25.3 Å². The minimum Gasteiger partial charge on any atom is -0.449 e. The third kappa shape index (κ3) is 4.28. The molecule has 1 amide bonds. The fourth-order valence-electron chi connectivity index (χ4n) is 3.12. The Hall–Kier alpha value is -2.15. The van der Waals surface area contributed by atoms with E-state index < -0.39 is 17.0 Å². The van der Waals surface area contributed by atoms with Crippen molar-refractivity contribution in [3.63, 3.8) is 0 Å². The SMILES string of the molecule is C[C@@H](OC(=O)c1ccc(Cl)c([N+](=O)[O-])c1)C(=O)N1[C@@H](C)CCC[C@@H]1C. The van der Waals surface area contributed by atoms with Crippen LogP contribution in [-0.4, -0.2) is 39.9 Å². The molecule has 0 saturated carbocycles. The van der Waals surface area contributed by atoms with Gasteiger partial charge in [-0.2, -0.15) is 0 Å². The Balaban J connectivity index is 2.10. The zero-order chi connectivity index (χ0) is 18.7. The topological polar surface area (TPSA) is 89.7 Å². The van der Waals surface area contributed by atoms with Gasteiger partial charge in [0.2, 0.25) is 0 Å². The first kappa shape index (κ1) is 19.2. The maximum atomic E-state index is 12.6. The molecule has 0 aromatic heterocycles. The molecule has 1 fully saturated rings. The van der Waals surface area contributed by atoms with Crippen molar-refractivity contribution in [1.29, 1.82) is 0 Å². The summed E-state index contributed by atoms with van der Waals surface area (Å²) in [5, 5.41) is 10.8. The molecule has 7 nitrogen and oxygen atoms in total. The number of nitro benzene ring substituents is 1. The van der Waals surface area contributed by atoms with Crippen molar-refractivity contribution in [3.8, 4) is 0 Å². The molecule has 0 bridgehead atoms. The van der Waals surface area contributed by atoms with E-state index in [4.69, 9.17) is 16.3 Å². The number of amides is 1. The lowest BCUT2D eigenvalue weighted by Crippen LogP contribution is -2.51. The van der Waals surface area contributed by atoms with Gasteiger partial charge in [-0.25, -0.2) is 4.79 Å². The molecular formula is C17H21ClN2O5. The third-order valence-corrected chi connectivity index (χ3v) is 4.78. The van der Waals surface area contributed by atoms with Crippen LogP contribution in [0.4, 0.5) is 5.69 Å². The van der Waals surface area contributed by atoms with Crippen molar-refractivity contribution in [2.75, 3.05) is 0 Å². The van der Waals surface area contributed by atoms with Crippen LogP contribution in [-0.2, 0) is 9.53 Å². The van der Waals surface area contributed by atoms with Gasteiger partial charge >= 0.3 is 5.97 Å². The Morgan fingerprint density at radius 3 is 2.48 bits per heavy atom. The van der Waals surface area contributed by atoms with E-state index in [0.29, 0.717) is 0 Å². The van der Waals surface area contributed by atoms with Crippen molar-refractivity contribution >= 4 is 29.2 Å². The van der Waals surface area contributed by atoms with Crippen molar-refractivity contribution in [3.05, 3.63) is 38.9 Å². The number of piperidine rings is 1. The average molecular weight is 369 g/mol. The summed E-state index contributed by atoms with van der Waals surface area (Å²) in [7, 11) is 0. The monoisotopic (exact) mass is 368 g/mol. The Morgan fingerprint density at radius 2 is 1.92 bits per heavy atom. The normalized spacial score (nSPS) is 21.5. The highest BCUT2D eigenvalue weighted by Gasteiger charge is 2.33. The van der Waals surface area contributed by atoms with Crippen molar-refractivity contribution < 1.29 is 19.2 Å². The Morgan fingerprint density at radius 1 is 1.32 bits per heavy atom. The average Bonchev–Trinajstić information content (AvgIpc) is 2.54. The van der Waals surface area contributed by atoms with Crippen LogP contribution in [0.2, 0.25) is 5.02 Å². The molecule has 136 valence electrons. The highest BCUT2D eigenvalue weighted by Crippen LogP contribution is 2.26. The van der Waals surface area contributed by atoms with E-state index in [9.17, 15) is 19.7 Å². The first-order valence-corrected chi connectivity index (χ1v) is 8.57. The first-order valence-electron chi connectivity index (χ1n) is 8.19. The molecule has 1 saturated heterocycles. The van der Waals surface area contributed by atoms with Gasteiger partial charge in [0.05, 0.1) is 10.5 Å². The fourth-order valence-corrected chi connectivity index (χ4v) is 3.31. The smallest absolute Gasteiger partial charge is 0.339 e. The predicted octanol–water partition coefficient (Wildman–Crippen LogP) is 3.58. The van der Waals surface area contributed by atoms with Crippen LogP contribution in [0.3, 0.4) is 0 Å². The second-order valence-electron chi connectivity index (χ2n) is 6.35. The number of carbonyl (C=O) groups excluding carboxylic acids is 2. The van der Waals surface area contributed by atoms with E-state index >= 15 is 0 Å². The number of hydrogen-bond acceptors (Lipinski definition) is 5. The number of rotatable bonds is 4. The Bertz CT molecular complexity index is 684. The quantitative estimate of drug-likeness (QED) is 0.460. The molecule has 8 heteroatoms. The molecule has 3 atom stereocenters. The van der Waals surface area contributed by atoms with E-state index in [1.54, 1.807) is 4.90 Å². The van der Waals surface area contributed by atoms with Crippen LogP contribution in [0.5, 0.6) is 0 Å². The summed E-state index contributed by atoms with van der Waals surface area (Å²) < 4.78 is 5.23. The molecule has 0 unspecified atom stereocenters. The molecule has 1 aromatic carbocycles. The highest BCUT2D eigenvalue weighted by atomic mass is 35.5. The highest BCUT2D eigenvalue weighted by molar-refractivity contribution is 6.32. The van der Waals surface area contributed by atoms with Crippen LogP contribution in [0.1, 0.15) is 50.4 Å². The molecule has 0 radical (unpaired) electrons. The molecule has 25 heavy (non-hydrogen) atoms. The summed E-state index contributed by atoms with van der Waals surface area (Å²) in [5.74, 6) is -1.05. The van der Waals surface area contributed by atoms with Crippen molar-refractivity contribution in [1.82, 2.24) is 4.90 Å². The van der Waals surface area contributed by atoms with E-state index in [-0.39, 0.29) is 34.3 Å².